The van der Waals surface area contributed by atoms with Gasteiger partial charge in [0, 0.05) is 31.1 Å². The molecule has 4 rings (SSSR count). The molecule has 1 amide bonds. The Labute approximate surface area is 192 Å². The second-order valence-electron chi connectivity index (χ2n) is 9.88. The van der Waals surface area contributed by atoms with E-state index in [4.69, 9.17) is 4.52 Å². The second-order valence-corrected chi connectivity index (χ2v) is 11.8. The van der Waals surface area contributed by atoms with Crippen LogP contribution < -0.4 is 5.32 Å². The predicted octanol–water partition coefficient (Wildman–Crippen LogP) is 3.00. The van der Waals surface area contributed by atoms with Crippen molar-refractivity contribution in [1.82, 2.24) is 19.7 Å². The number of carbonyl (C=O) groups is 1. The zero-order chi connectivity index (χ0) is 22.8. The summed E-state index contributed by atoms with van der Waals surface area (Å²) in [7, 11) is -3.64. The van der Waals surface area contributed by atoms with Gasteiger partial charge in [0.25, 0.3) is 0 Å². The number of likely N-dealkylation sites (tertiary alicyclic amines) is 1. The van der Waals surface area contributed by atoms with E-state index in [1.54, 1.807) is 13.8 Å². The van der Waals surface area contributed by atoms with E-state index in [1.807, 2.05) is 0 Å². The Kier molecular flexibility index (Phi) is 7.27. The van der Waals surface area contributed by atoms with Gasteiger partial charge in [-0.05, 0) is 65.5 Å². The third-order valence-electron chi connectivity index (χ3n) is 7.79. The molecule has 1 saturated carbocycles. The third kappa shape index (κ3) is 4.75. The van der Waals surface area contributed by atoms with E-state index in [0.29, 0.717) is 37.4 Å². The summed E-state index contributed by atoms with van der Waals surface area (Å²) in [6.45, 7) is 6.98. The van der Waals surface area contributed by atoms with Gasteiger partial charge in [0.2, 0.25) is 15.9 Å². The molecule has 3 heterocycles. The summed E-state index contributed by atoms with van der Waals surface area (Å²) in [6.07, 6.45) is 11.0. The van der Waals surface area contributed by atoms with Crippen LogP contribution in [0.5, 0.6) is 0 Å². The molecular weight excluding hydrogens is 428 g/mol. The Hall–Kier alpha value is -1.45. The number of amides is 1. The van der Waals surface area contributed by atoms with Gasteiger partial charge < -0.3 is 9.84 Å². The summed E-state index contributed by atoms with van der Waals surface area (Å²) in [4.78, 5) is 15.9. The minimum atomic E-state index is -3.64. The molecule has 0 unspecified atom stereocenters. The van der Waals surface area contributed by atoms with Crippen LogP contribution in [0.4, 0.5) is 0 Å². The van der Waals surface area contributed by atoms with Gasteiger partial charge in [-0.15, -0.1) is 0 Å². The lowest BCUT2D eigenvalue weighted by molar-refractivity contribution is -0.127. The first-order valence-corrected chi connectivity index (χ1v) is 13.7. The first-order chi connectivity index (χ1) is 15.3. The van der Waals surface area contributed by atoms with E-state index in [-0.39, 0.29) is 22.3 Å². The molecule has 2 saturated heterocycles. The molecule has 1 aromatic heterocycles. The molecule has 0 spiro atoms. The molecule has 0 aromatic carbocycles. The standard InChI is InChI=1S/C23H38N4O4S/c1-18-21(19(2)31-25-18)32(29,30)27-15-9-20(10-16-27)22(28)24-17-23(11-5-3-6-12-23)26-13-7-4-8-14-26/h20H,3-17H2,1-2H3,(H,24,28). The van der Waals surface area contributed by atoms with Crippen LogP contribution >= 0.6 is 0 Å². The molecule has 180 valence electrons. The van der Waals surface area contributed by atoms with Crippen molar-refractivity contribution in [2.24, 2.45) is 5.92 Å². The molecule has 0 radical (unpaired) electrons. The predicted molar refractivity (Wildman–Crippen MR) is 122 cm³/mol. The first kappa shape index (κ1) is 23.7. The zero-order valence-corrected chi connectivity index (χ0v) is 20.4. The minimum Gasteiger partial charge on any atom is -0.360 e. The fraction of sp³-hybridized carbons (Fsp3) is 0.826. The van der Waals surface area contributed by atoms with Gasteiger partial charge in [0.05, 0.1) is 0 Å². The maximum Gasteiger partial charge on any atom is 0.248 e. The van der Waals surface area contributed by atoms with Crippen molar-refractivity contribution in [2.45, 2.75) is 88.5 Å². The van der Waals surface area contributed by atoms with E-state index in [0.717, 1.165) is 19.6 Å². The van der Waals surface area contributed by atoms with Crippen molar-refractivity contribution in [3.8, 4) is 0 Å². The highest BCUT2D eigenvalue weighted by Crippen LogP contribution is 2.35. The normalized spacial score (nSPS) is 23.8. The SMILES string of the molecule is Cc1noc(C)c1S(=O)(=O)N1CCC(C(=O)NCC2(N3CCCCC3)CCCCC2)CC1. The molecule has 1 aromatic rings. The Morgan fingerprint density at radius 1 is 1.03 bits per heavy atom. The van der Waals surface area contributed by atoms with E-state index in [1.165, 1.54) is 55.7 Å². The summed E-state index contributed by atoms with van der Waals surface area (Å²) in [5.74, 6) is 0.271. The molecular formula is C23H38N4O4S. The highest BCUT2D eigenvalue weighted by molar-refractivity contribution is 7.89. The van der Waals surface area contributed by atoms with Gasteiger partial charge in [0.15, 0.2) is 5.76 Å². The lowest BCUT2D eigenvalue weighted by Crippen LogP contribution is -2.58. The first-order valence-electron chi connectivity index (χ1n) is 12.3. The van der Waals surface area contributed by atoms with Gasteiger partial charge in [0.1, 0.15) is 10.6 Å². The molecule has 0 bridgehead atoms. The van der Waals surface area contributed by atoms with Gasteiger partial charge in [-0.1, -0.05) is 30.8 Å². The number of hydrogen-bond donors (Lipinski definition) is 1. The summed E-state index contributed by atoms with van der Waals surface area (Å²) in [5, 5.41) is 7.07. The lowest BCUT2D eigenvalue weighted by Gasteiger charge is -2.48. The number of sulfonamides is 1. The highest BCUT2D eigenvalue weighted by atomic mass is 32.2. The van der Waals surface area contributed by atoms with Crippen LogP contribution in [0.1, 0.15) is 75.7 Å². The number of rotatable bonds is 6. The summed E-state index contributed by atoms with van der Waals surface area (Å²) < 4.78 is 32.6. The zero-order valence-electron chi connectivity index (χ0n) is 19.6. The molecule has 3 aliphatic rings. The number of nitrogens with one attached hydrogen (secondary N) is 1. The second kappa shape index (κ2) is 9.81. The van der Waals surface area contributed by atoms with Crippen molar-refractivity contribution in [3.63, 3.8) is 0 Å². The number of nitrogens with zero attached hydrogens (tertiary/aromatic N) is 3. The molecule has 1 N–H and O–H groups in total. The molecule has 32 heavy (non-hydrogen) atoms. The van der Waals surface area contributed by atoms with Crippen LogP contribution in [-0.2, 0) is 14.8 Å². The fourth-order valence-electron chi connectivity index (χ4n) is 5.91. The van der Waals surface area contributed by atoms with Crippen LogP contribution in [0.2, 0.25) is 0 Å². The third-order valence-corrected chi connectivity index (χ3v) is 9.94. The number of hydrogen-bond acceptors (Lipinski definition) is 6. The number of aryl methyl sites for hydroxylation is 2. The van der Waals surface area contributed by atoms with Gasteiger partial charge in [-0.3, -0.25) is 9.69 Å². The van der Waals surface area contributed by atoms with E-state index in [2.05, 4.69) is 15.4 Å². The maximum atomic E-state index is 13.0. The quantitative estimate of drug-likeness (QED) is 0.692. The maximum absolute atomic E-state index is 13.0. The summed E-state index contributed by atoms with van der Waals surface area (Å²) >= 11 is 0. The molecule has 1 aliphatic carbocycles. The largest absolute Gasteiger partial charge is 0.360 e. The Morgan fingerprint density at radius 3 is 2.25 bits per heavy atom. The van der Waals surface area contributed by atoms with Crippen LogP contribution in [0, 0.1) is 19.8 Å². The minimum absolute atomic E-state index is 0.0846. The van der Waals surface area contributed by atoms with Crippen molar-refractivity contribution in [1.29, 1.82) is 0 Å². The molecule has 0 atom stereocenters. The van der Waals surface area contributed by atoms with Crippen molar-refractivity contribution in [3.05, 3.63) is 11.5 Å². The molecule has 9 heteroatoms. The molecule has 2 aliphatic heterocycles. The monoisotopic (exact) mass is 466 g/mol. The topological polar surface area (TPSA) is 95.8 Å². The van der Waals surface area contributed by atoms with Crippen molar-refractivity contribution < 1.29 is 17.7 Å². The van der Waals surface area contributed by atoms with Crippen LogP contribution in [0.25, 0.3) is 0 Å². The average Bonchev–Trinajstić information content (AvgIpc) is 3.17. The van der Waals surface area contributed by atoms with E-state index < -0.39 is 10.0 Å². The van der Waals surface area contributed by atoms with Crippen LogP contribution in [0.3, 0.4) is 0 Å². The van der Waals surface area contributed by atoms with Gasteiger partial charge in [-0.2, -0.15) is 4.31 Å². The number of carbonyl (C=O) groups excluding carboxylic acids is 1. The van der Waals surface area contributed by atoms with Gasteiger partial charge >= 0.3 is 0 Å². The smallest absolute Gasteiger partial charge is 0.248 e. The Morgan fingerprint density at radius 2 is 1.66 bits per heavy atom. The van der Waals surface area contributed by atoms with E-state index >= 15 is 0 Å². The average molecular weight is 467 g/mol. The lowest BCUT2D eigenvalue weighted by atomic mass is 9.79. The van der Waals surface area contributed by atoms with E-state index in [9.17, 15) is 13.2 Å². The van der Waals surface area contributed by atoms with Crippen molar-refractivity contribution >= 4 is 15.9 Å². The fourth-order valence-corrected chi connectivity index (χ4v) is 7.67. The Balaban J connectivity index is 1.34. The van der Waals surface area contributed by atoms with Crippen LogP contribution in [0.15, 0.2) is 9.42 Å². The van der Waals surface area contributed by atoms with Crippen molar-refractivity contribution in [2.75, 3.05) is 32.7 Å². The number of piperidine rings is 2. The molecule has 8 nitrogen and oxygen atoms in total. The number of aromatic nitrogens is 1. The summed E-state index contributed by atoms with van der Waals surface area (Å²) in [6, 6.07) is 0. The Bertz CT molecular complexity index is 874. The highest BCUT2D eigenvalue weighted by Gasteiger charge is 2.40. The summed E-state index contributed by atoms with van der Waals surface area (Å²) in [5.41, 5.74) is 0.500. The molecule has 3 fully saturated rings. The van der Waals surface area contributed by atoms with Gasteiger partial charge in [-0.25, -0.2) is 8.42 Å². The van der Waals surface area contributed by atoms with Crippen LogP contribution in [-0.4, -0.2) is 66.9 Å².